The van der Waals surface area contributed by atoms with Crippen molar-refractivity contribution in [2.75, 3.05) is 7.05 Å². The minimum absolute atomic E-state index is 0.0913. The van der Waals surface area contributed by atoms with Crippen molar-refractivity contribution in [1.29, 1.82) is 0 Å². The molecular weight excluding hydrogens is 308 g/mol. The summed E-state index contributed by atoms with van der Waals surface area (Å²) in [6, 6.07) is 10.2. The van der Waals surface area contributed by atoms with E-state index in [2.05, 4.69) is 20.9 Å². The first-order valence-corrected chi connectivity index (χ1v) is 6.50. The van der Waals surface area contributed by atoms with Gasteiger partial charge in [0.15, 0.2) is 0 Å². The Hall–Kier alpha value is -1.88. The number of pyridine rings is 1. The van der Waals surface area contributed by atoms with Gasteiger partial charge in [-0.25, -0.2) is 4.98 Å². The highest BCUT2D eigenvalue weighted by Crippen LogP contribution is 2.15. The van der Waals surface area contributed by atoms with Crippen molar-refractivity contribution in [3.63, 3.8) is 0 Å². The van der Waals surface area contributed by atoms with Crippen LogP contribution in [0, 0.1) is 0 Å². The van der Waals surface area contributed by atoms with Crippen LogP contribution in [0.5, 0.6) is 5.75 Å². The van der Waals surface area contributed by atoms with Crippen molar-refractivity contribution in [3.05, 3.63) is 58.3 Å². The van der Waals surface area contributed by atoms with E-state index in [1.807, 2.05) is 6.07 Å². The molecule has 98 valence electrons. The lowest BCUT2D eigenvalue weighted by molar-refractivity contribution is 0.0784. The first kappa shape index (κ1) is 13.5. The lowest BCUT2D eigenvalue weighted by atomic mass is 10.2. The number of carbonyl (C=O) groups is 1. The first-order chi connectivity index (χ1) is 9.06. The second-order valence-corrected chi connectivity index (χ2v) is 5.01. The molecule has 0 bridgehead atoms. The number of benzene rings is 1. The second-order valence-electron chi connectivity index (χ2n) is 4.20. The quantitative estimate of drug-likeness (QED) is 0.885. The molecular formula is C14H13BrN2O2. The second kappa shape index (κ2) is 5.84. The Morgan fingerprint density at radius 2 is 2.16 bits per heavy atom. The number of carbonyl (C=O) groups excluding carboxylic acids is 1. The molecule has 2 rings (SSSR count). The van der Waals surface area contributed by atoms with Gasteiger partial charge in [-0.15, -0.1) is 0 Å². The van der Waals surface area contributed by atoms with Crippen LogP contribution in [0.1, 0.15) is 15.9 Å². The van der Waals surface area contributed by atoms with Crippen LogP contribution >= 0.6 is 15.9 Å². The fourth-order valence-corrected chi connectivity index (χ4v) is 2.12. The average Bonchev–Trinajstić information content (AvgIpc) is 2.38. The van der Waals surface area contributed by atoms with Crippen LogP contribution in [0.15, 0.2) is 47.2 Å². The van der Waals surface area contributed by atoms with Crippen molar-refractivity contribution in [3.8, 4) is 5.75 Å². The summed E-state index contributed by atoms with van der Waals surface area (Å²) in [4.78, 5) is 17.8. The maximum absolute atomic E-state index is 12.2. The molecule has 1 aromatic carbocycles. The topological polar surface area (TPSA) is 53.4 Å². The van der Waals surface area contributed by atoms with Crippen molar-refractivity contribution >= 4 is 21.8 Å². The van der Waals surface area contributed by atoms with Crippen LogP contribution in [0.4, 0.5) is 0 Å². The third-order valence-electron chi connectivity index (χ3n) is 2.65. The molecule has 5 heteroatoms. The van der Waals surface area contributed by atoms with Crippen LogP contribution in [-0.4, -0.2) is 27.9 Å². The average molecular weight is 321 g/mol. The van der Waals surface area contributed by atoms with Crippen molar-refractivity contribution < 1.29 is 9.90 Å². The number of phenols is 1. The molecule has 1 N–H and O–H groups in total. The van der Waals surface area contributed by atoms with Crippen LogP contribution in [0.3, 0.4) is 0 Å². The minimum atomic E-state index is -0.0913. The maximum Gasteiger partial charge on any atom is 0.254 e. The summed E-state index contributed by atoms with van der Waals surface area (Å²) in [6.07, 6.45) is 1.58. The van der Waals surface area contributed by atoms with Gasteiger partial charge < -0.3 is 10.0 Å². The van der Waals surface area contributed by atoms with E-state index >= 15 is 0 Å². The summed E-state index contributed by atoms with van der Waals surface area (Å²) in [5.74, 6) is 0.108. The highest BCUT2D eigenvalue weighted by molar-refractivity contribution is 9.10. The molecule has 0 aliphatic rings. The van der Waals surface area contributed by atoms with E-state index in [0.717, 1.165) is 5.56 Å². The predicted molar refractivity (Wildman–Crippen MR) is 75.8 cm³/mol. The highest BCUT2D eigenvalue weighted by atomic mass is 79.9. The van der Waals surface area contributed by atoms with Crippen molar-refractivity contribution in [2.45, 2.75) is 6.54 Å². The molecule has 0 fully saturated rings. The lowest BCUT2D eigenvalue weighted by Gasteiger charge is -2.17. The van der Waals surface area contributed by atoms with Gasteiger partial charge in [-0.2, -0.15) is 0 Å². The van der Waals surface area contributed by atoms with Crippen LogP contribution in [0.2, 0.25) is 0 Å². The minimum Gasteiger partial charge on any atom is -0.508 e. The summed E-state index contributed by atoms with van der Waals surface area (Å²) in [7, 11) is 1.72. The van der Waals surface area contributed by atoms with Gasteiger partial charge in [0.1, 0.15) is 10.4 Å². The Morgan fingerprint density at radius 3 is 2.84 bits per heavy atom. The Labute approximate surface area is 119 Å². The van der Waals surface area contributed by atoms with E-state index in [4.69, 9.17) is 0 Å². The first-order valence-electron chi connectivity index (χ1n) is 5.71. The van der Waals surface area contributed by atoms with E-state index in [1.54, 1.807) is 48.5 Å². The number of amides is 1. The third-order valence-corrected chi connectivity index (χ3v) is 3.08. The molecule has 19 heavy (non-hydrogen) atoms. The number of phenolic OH excluding ortho intramolecular Hbond substituents is 1. The Balaban J connectivity index is 2.12. The molecule has 0 atom stereocenters. The number of aromatic nitrogens is 1. The number of nitrogens with zero attached hydrogens (tertiary/aromatic N) is 2. The van der Waals surface area contributed by atoms with E-state index in [1.165, 1.54) is 0 Å². The normalized spacial score (nSPS) is 10.2. The molecule has 0 aliphatic carbocycles. The highest BCUT2D eigenvalue weighted by Gasteiger charge is 2.12. The SMILES string of the molecule is CN(Cc1cccc(O)c1)C(=O)c1ccnc(Br)c1. The molecule has 0 saturated heterocycles. The number of rotatable bonds is 3. The lowest BCUT2D eigenvalue weighted by Crippen LogP contribution is -2.26. The largest absolute Gasteiger partial charge is 0.508 e. The molecule has 2 aromatic rings. The third kappa shape index (κ3) is 3.54. The van der Waals surface area contributed by atoms with Gasteiger partial charge in [-0.05, 0) is 45.8 Å². The van der Waals surface area contributed by atoms with Gasteiger partial charge in [0.25, 0.3) is 5.91 Å². The number of hydrogen-bond donors (Lipinski definition) is 1. The smallest absolute Gasteiger partial charge is 0.254 e. The van der Waals surface area contributed by atoms with E-state index in [-0.39, 0.29) is 11.7 Å². The summed E-state index contributed by atoms with van der Waals surface area (Å²) in [5.41, 5.74) is 1.45. The zero-order chi connectivity index (χ0) is 13.8. The van der Waals surface area contributed by atoms with Crippen LogP contribution in [0.25, 0.3) is 0 Å². The van der Waals surface area contributed by atoms with Gasteiger partial charge >= 0.3 is 0 Å². The molecule has 0 unspecified atom stereocenters. The molecule has 4 nitrogen and oxygen atoms in total. The van der Waals surface area contributed by atoms with Gasteiger partial charge in [-0.3, -0.25) is 4.79 Å². The summed E-state index contributed by atoms with van der Waals surface area (Å²) in [5, 5.41) is 9.40. The van der Waals surface area contributed by atoms with E-state index in [9.17, 15) is 9.90 Å². The molecule has 1 aromatic heterocycles. The number of aromatic hydroxyl groups is 1. The van der Waals surface area contributed by atoms with Gasteiger partial charge in [0, 0.05) is 25.4 Å². The fourth-order valence-electron chi connectivity index (χ4n) is 1.76. The molecule has 0 spiro atoms. The maximum atomic E-state index is 12.2. The van der Waals surface area contributed by atoms with Crippen LogP contribution in [-0.2, 0) is 6.54 Å². The monoisotopic (exact) mass is 320 g/mol. The molecule has 0 radical (unpaired) electrons. The zero-order valence-electron chi connectivity index (χ0n) is 10.4. The zero-order valence-corrected chi connectivity index (χ0v) is 12.0. The van der Waals surface area contributed by atoms with Crippen molar-refractivity contribution in [2.24, 2.45) is 0 Å². The fraction of sp³-hybridized carbons (Fsp3) is 0.143. The predicted octanol–water partition coefficient (Wildman–Crippen LogP) is 2.82. The van der Waals surface area contributed by atoms with Crippen LogP contribution < -0.4 is 0 Å². The van der Waals surface area contributed by atoms with Gasteiger partial charge in [-0.1, -0.05) is 12.1 Å². The Morgan fingerprint density at radius 1 is 1.37 bits per heavy atom. The molecule has 0 aliphatic heterocycles. The molecule has 1 amide bonds. The summed E-state index contributed by atoms with van der Waals surface area (Å²) < 4.78 is 0.629. The van der Waals surface area contributed by atoms with Gasteiger partial charge in [0.2, 0.25) is 0 Å². The van der Waals surface area contributed by atoms with Crippen molar-refractivity contribution in [1.82, 2.24) is 9.88 Å². The number of halogens is 1. The molecule has 0 saturated carbocycles. The summed E-state index contributed by atoms with van der Waals surface area (Å²) in [6.45, 7) is 0.438. The van der Waals surface area contributed by atoms with E-state index < -0.39 is 0 Å². The number of hydrogen-bond acceptors (Lipinski definition) is 3. The Bertz CT molecular complexity index is 602. The standard InChI is InChI=1S/C14H13BrN2O2/c1-17(9-10-3-2-4-12(18)7-10)14(19)11-5-6-16-13(15)8-11/h2-8,18H,9H2,1H3. The van der Waals surface area contributed by atoms with E-state index in [0.29, 0.717) is 16.7 Å². The van der Waals surface area contributed by atoms with Gasteiger partial charge in [0.05, 0.1) is 0 Å². The summed E-state index contributed by atoms with van der Waals surface area (Å²) >= 11 is 3.24. The Kier molecular flexibility index (Phi) is 4.16. The molecule has 1 heterocycles.